The zero-order chi connectivity index (χ0) is 28.5. The summed E-state index contributed by atoms with van der Waals surface area (Å²) in [4.78, 5) is 28.0. The molecule has 1 saturated carbocycles. The number of fused-ring (bicyclic) bond motifs is 1. The number of halogens is 2. The van der Waals surface area contributed by atoms with E-state index in [1.54, 1.807) is 53.9 Å². The van der Waals surface area contributed by atoms with Crippen molar-refractivity contribution in [3.63, 3.8) is 0 Å². The van der Waals surface area contributed by atoms with Gasteiger partial charge in [-0.2, -0.15) is 0 Å². The van der Waals surface area contributed by atoms with Gasteiger partial charge in [-0.3, -0.25) is 9.69 Å². The number of methoxy groups -OCH3 is 1. The van der Waals surface area contributed by atoms with E-state index < -0.39 is 40.7 Å². The van der Waals surface area contributed by atoms with E-state index in [0.29, 0.717) is 30.3 Å². The number of hydrogen-bond acceptors (Lipinski definition) is 5. The van der Waals surface area contributed by atoms with E-state index in [2.05, 4.69) is 5.32 Å². The molecule has 1 N–H and O–H groups in total. The summed E-state index contributed by atoms with van der Waals surface area (Å²) in [5.41, 5.74) is -0.373. The summed E-state index contributed by atoms with van der Waals surface area (Å²) in [6.07, 6.45) is 2.10. The summed E-state index contributed by atoms with van der Waals surface area (Å²) < 4.78 is 47.1. The van der Waals surface area contributed by atoms with Crippen LogP contribution in [0.25, 0.3) is 0 Å². The Morgan fingerprint density at radius 2 is 1.72 bits per heavy atom. The first kappa shape index (κ1) is 28.8. The minimum Gasteiger partial charge on any atom is -0.497 e. The van der Waals surface area contributed by atoms with E-state index in [4.69, 9.17) is 14.2 Å². The quantitative estimate of drug-likeness (QED) is 0.431. The number of nitrogens with one attached hydrogen (secondary N) is 1. The van der Waals surface area contributed by atoms with Crippen LogP contribution in [-0.4, -0.2) is 49.4 Å². The van der Waals surface area contributed by atoms with Crippen molar-refractivity contribution in [2.75, 3.05) is 32.2 Å². The fourth-order valence-electron chi connectivity index (χ4n) is 4.87. The van der Waals surface area contributed by atoms with Gasteiger partial charge in [0, 0.05) is 29.8 Å². The molecule has 1 heterocycles. The fraction of sp³-hybridized carbons (Fsp3) is 0.533. The van der Waals surface area contributed by atoms with Crippen molar-refractivity contribution in [2.45, 2.75) is 70.9 Å². The van der Waals surface area contributed by atoms with Crippen molar-refractivity contribution < 1.29 is 32.6 Å². The zero-order valence-corrected chi connectivity index (χ0v) is 23.5. The minimum atomic E-state index is -1.06. The minimum absolute atomic E-state index is 0.0433. The number of carbonyl (C=O) groups excluding carboxylic acids is 2. The van der Waals surface area contributed by atoms with E-state index in [1.165, 1.54) is 4.90 Å². The molecule has 212 valence electrons. The lowest BCUT2D eigenvalue weighted by Gasteiger charge is -2.37. The van der Waals surface area contributed by atoms with Gasteiger partial charge in [0.25, 0.3) is 5.91 Å². The van der Waals surface area contributed by atoms with Crippen LogP contribution in [0, 0.1) is 17.6 Å². The Bertz CT molecular complexity index is 1210. The summed E-state index contributed by atoms with van der Waals surface area (Å²) >= 11 is 0. The van der Waals surface area contributed by atoms with Crippen LogP contribution in [0.5, 0.6) is 5.75 Å². The third-order valence-corrected chi connectivity index (χ3v) is 6.95. The van der Waals surface area contributed by atoms with Gasteiger partial charge in [-0.25, -0.2) is 13.6 Å². The molecule has 4 rings (SSSR count). The lowest BCUT2D eigenvalue weighted by molar-refractivity contribution is -0.122. The Hall–Kier alpha value is -3.20. The zero-order valence-electron chi connectivity index (χ0n) is 23.5. The van der Waals surface area contributed by atoms with Crippen LogP contribution in [-0.2, 0) is 26.1 Å². The number of amides is 2. The first-order valence-electron chi connectivity index (χ1n) is 13.3. The van der Waals surface area contributed by atoms with Crippen LogP contribution in [0.4, 0.5) is 19.3 Å². The van der Waals surface area contributed by atoms with Gasteiger partial charge in [-0.05, 0) is 81.3 Å². The number of nitrogens with zero attached hydrogens (tertiary/aromatic N) is 1. The summed E-state index contributed by atoms with van der Waals surface area (Å²) in [7, 11) is 1.55. The molecule has 2 amide bonds. The highest BCUT2D eigenvalue weighted by Crippen LogP contribution is 2.36. The van der Waals surface area contributed by atoms with Crippen LogP contribution >= 0.6 is 0 Å². The Labute approximate surface area is 228 Å². The van der Waals surface area contributed by atoms with Gasteiger partial charge in [0.1, 0.15) is 29.0 Å². The number of hydrogen-bond donors (Lipinski definition) is 1. The number of anilines is 1. The van der Waals surface area contributed by atoms with Crippen molar-refractivity contribution >= 4 is 17.7 Å². The van der Waals surface area contributed by atoms with Crippen molar-refractivity contribution in [1.29, 1.82) is 0 Å². The molecule has 2 aliphatic rings. The van der Waals surface area contributed by atoms with Crippen molar-refractivity contribution in [2.24, 2.45) is 5.92 Å². The molecule has 1 atom stereocenters. The maximum Gasteiger partial charge on any atom is 0.411 e. The second-order valence-corrected chi connectivity index (χ2v) is 12.0. The average Bonchev–Trinajstić information content (AvgIpc) is 3.65. The topological polar surface area (TPSA) is 77.1 Å². The fourth-order valence-corrected chi connectivity index (χ4v) is 4.87. The van der Waals surface area contributed by atoms with Crippen LogP contribution in [0.1, 0.15) is 70.2 Å². The molecule has 0 spiro atoms. The Morgan fingerprint density at radius 1 is 1.05 bits per heavy atom. The normalized spacial score (nSPS) is 17.4. The SMILES string of the molecule is COc1ccc2c(c1)CCN(C(=O)OC(C)(C)C)[C@H]2C(=O)Nc1cc(F)c(C(C)(C)COCC2CC2)c(F)c1. The maximum atomic E-state index is 15.3. The third-order valence-electron chi connectivity index (χ3n) is 6.95. The van der Waals surface area contributed by atoms with E-state index in [1.807, 2.05) is 6.07 Å². The second-order valence-electron chi connectivity index (χ2n) is 12.0. The molecule has 0 bridgehead atoms. The molecule has 0 saturated heterocycles. The monoisotopic (exact) mass is 544 g/mol. The van der Waals surface area contributed by atoms with Crippen LogP contribution < -0.4 is 10.1 Å². The molecule has 9 heteroatoms. The summed E-state index contributed by atoms with van der Waals surface area (Å²) in [5, 5.41) is 2.62. The third kappa shape index (κ3) is 6.87. The van der Waals surface area contributed by atoms with Gasteiger partial charge in [-0.1, -0.05) is 19.9 Å². The van der Waals surface area contributed by atoms with E-state index in [-0.39, 0.29) is 24.4 Å². The summed E-state index contributed by atoms with van der Waals surface area (Å²) in [6.45, 7) is 9.68. The number of ether oxygens (including phenoxy) is 3. The Balaban J connectivity index is 1.59. The van der Waals surface area contributed by atoms with E-state index in [9.17, 15) is 9.59 Å². The standard InChI is InChI=1S/C30H38F2N2O5/c1-29(2,3)39-28(36)34-12-11-19-13-21(37-6)9-10-22(19)26(34)27(35)33-20-14-23(31)25(24(32)15-20)30(4,5)17-38-16-18-7-8-18/h9-10,13-15,18,26H,7-8,11-12,16-17H2,1-6H3,(H,33,35)/t26-/m1/s1. The Kier molecular flexibility index (Phi) is 8.21. The largest absolute Gasteiger partial charge is 0.497 e. The van der Waals surface area contributed by atoms with Gasteiger partial charge in [-0.15, -0.1) is 0 Å². The molecule has 1 fully saturated rings. The smallest absolute Gasteiger partial charge is 0.411 e. The van der Waals surface area contributed by atoms with E-state index >= 15 is 8.78 Å². The van der Waals surface area contributed by atoms with Crippen LogP contribution in [0.2, 0.25) is 0 Å². The molecular formula is C30H38F2N2O5. The number of rotatable bonds is 8. The summed E-state index contributed by atoms with van der Waals surface area (Å²) in [6, 6.07) is 6.41. The van der Waals surface area contributed by atoms with Crippen LogP contribution in [0.15, 0.2) is 30.3 Å². The first-order valence-corrected chi connectivity index (χ1v) is 13.3. The van der Waals surface area contributed by atoms with Gasteiger partial charge < -0.3 is 19.5 Å². The van der Waals surface area contributed by atoms with Gasteiger partial charge >= 0.3 is 6.09 Å². The molecule has 0 radical (unpaired) electrons. The van der Waals surface area contributed by atoms with Crippen molar-refractivity contribution in [3.05, 3.63) is 58.7 Å². The molecule has 1 aliphatic carbocycles. The molecule has 0 unspecified atom stereocenters. The van der Waals surface area contributed by atoms with Gasteiger partial charge in [0.2, 0.25) is 0 Å². The highest BCUT2D eigenvalue weighted by atomic mass is 19.1. The first-order chi connectivity index (χ1) is 18.3. The van der Waals surface area contributed by atoms with Gasteiger partial charge in [0.05, 0.1) is 13.7 Å². The van der Waals surface area contributed by atoms with E-state index in [0.717, 1.165) is 30.5 Å². The lowest BCUT2D eigenvalue weighted by atomic mass is 9.84. The molecule has 2 aromatic rings. The van der Waals surface area contributed by atoms with Gasteiger partial charge in [0.15, 0.2) is 0 Å². The van der Waals surface area contributed by atoms with Crippen LogP contribution in [0.3, 0.4) is 0 Å². The van der Waals surface area contributed by atoms with Crippen molar-refractivity contribution in [3.8, 4) is 5.75 Å². The summed E-state index contributed by atoms with van der Waals surface area (Å²) in [5.74, 6) is -0.988. The number of benzene rings is 2. The number of carbonyl (C=O) groups is 2. The molecular weight excluding hydrogens is 506 g/mol. The molecule has 39 heavy (non-hydrogen) atoms. The molecule has 1 aliphatic heterocycles. The Morgan fingerprint density at radius 3 is 2.31 bits per heavy atom. The van der Waals surface area contributed by atoms with Crippen molar-refractivity contribution in [1.82, 2.24) is 4.90 Å². The predicted molar refractivity (Wildman–Crippen MR) is 144 cm³/mol. The molecule has 2 aromatic carbocycles. The predicted octanol–water partition coefficient (Wildman–Crippen LogP) is 6.15. The lowest BCUT2D eigenvalue weighted by Crippen LogP contribution is -2.47. The average molecular weight is 545 g/mol. The highest BCUT2D eigenvalue weighted by molar-refractivity contribution is 5.98. The maximum absolute atomic E-state index is 15.3. The highest BCUT2D eigenvalue weighted by Gasteiger charge is 2.39. The molecule has 7 nitrogen and oxygen atoms in total. The molecule has 0 aromatic heterocycles. The second kappa shape index (κ2) is 11.1.